The van der Waals surface area contributed by atoms with Crippen molar-refractivity contribution < 1.29 is 4.57 Å². The Morgan fingerprint density at radius 2 is 0.962 bits per heavy atom. The molecule has 1 unspecified atom stereocenters. The zero-order valence-corrected chi connectivity index (χ0v) is 17.9. The van der Waals surface area contributed by atoms with Crippen molar-refractivity contribution in [3.63, 3.8) is 0 Å². The molecule has 1 heterocycles. The van der Waals surface area contributed by atoms with E-state index in [9.17, 15) is 0 Å². The predicted octanol–water partition coefficient (Wildman–Crippen LogP) is 8.19. The summed E-state index contributed by atoms with van der Waals surface area (Å²) in [5.74, 6) is 0. The van der Waals surface area contributed by atoms with Crippen molar-refractivity contribution in [2.24, 2.45) is 0 Å². The molecule has 0 saturated carbocycles. The molecule has 0 spiro atoms. The third kappa shape index (κ3) is 12.5. The molecule has 0 saturated heterocycles. The quantitative estimate of drug-likeness (QED) is 0.183. The smallest absolute Gasteiger partial charge is 0.169 e. The molecule has 1 nitrogen and oxygen atoms in total. The molecular formula is C25H46N+. The van der Waals surface area contributed by atoms with Crippen LogP contribution in [-0.4, -0.2) is 0 Å². The zero-order valence-electron chi connectivity index (χ0n) is 17.9. The maximum absolute atomic E-state index is 2.42. The van der Waals surface area contributed by atoms with Crippen LogP contribution in [-0.2, 0) is 0 Å². The number of unbranched alkanes of at least 4 members (excludes halogenated alkanes) is 13. The van der Waals surface area contributed by atoms with E-state index >= 15 is 0 Å². The van der Waals surface area contributed by atoms with Gasteiger partial charge in [0.25, 0.3) is 0 Å². The average molecular weight is 361 g/mol. The van der Waals surface area contributed by atoms with Gasteiger partial charge in [0.1, 0.15) is 0 Å². The lowest BCUT2D eigenvalue weighted by molar-refractivity contribution is -0.724. The number of hydrogen-bond donors (Lipinski definition) is 0. The summed E-state index contributed by atoms with van der Waals surface area (Å²) in [6.45, 7) is 4.60. The topological polar surface area (TPSA) is 3.88 Å². The van der Waals surface area contributed by atoms with Gasteiger partial charge in [-0.15, -0.1) is 0 Å². The van der Waals surface area contributed by atoms with Crippen molar-refractivity contribution >= 4 is 0 Å². The Bertz CT molecular complexity index is 386. The van der Waals surface area contributed by atoms with E-state index in [-0.39, 0.29) is 0 Å². The molecule has 150 valence electrons. The highest BCUT2D eigenvalue weighted by Gasteiger charge is 2.15. The molecule has 1 aromatic rings. The molecule has 0 radical (unpaired) electrons. The fourth-order valence-corrected chi connectivity index (χ4v) is 4.01. The van der Waals surface area contributed by atoms with Crippen molar-refractivity contribution in [2.45, 2.75) is 129 Å². The van der Waals surface area contributed by atoms with Crippen molar-refractivity contribution in [3.05, 3.63) is 30.6 Å². The van der Waals surface area contributed by atoms with Gasteiger partial charge in [0.05, 0.1) is 0 Å². The first-order valence-corrected chi connectivity index (χ1v) is 11.8. The zero-order chi connectivity index (χ0) is 18.7. The molecule has 0 bridgehead atoms. The van der Waals surface area contributed by atoms with Crippen LogP contribution in [0, 0.1) is 0 Å². The summed E-state index contributed by atoms with van der Waals surface area (Å²) >= 11 is 0. The lowest BCUT2D eigenvalue weighted by atomic mass is 10.0. The molecular weight excluding hydrogens is 314 g/mol. The van der Waals surface area contributed by atoms with E-state index in [0.717, 1.165) is 0 Å². The van der Waals surface area contributed by atoms with E-state index in [4.69, 9.17) is 0 Å². The summed E-state index contributed by atoms with van der Waals surface area (Å²) in [5, 5.41) is 0. The van der Waals surface area contributed by atoms with Crippen molar-refractivity contribution in [3.8, 4) is 0 Å². The molecule has 1 aromatic heterocycles. The number of rotatable bonds is 18. The fourth-order valence-electron chi connectivity index (χ4n) is 4.01. The Kier molecular flexibility index (Phi) is 15.7. The van der Waals surface area contributed by atoms with Gasteiger partial charge in [0.2, 0.25) is 0 Å². The van der Waals surface area contributed by atoms with Gasteiger partial charge in [0.15, 0.2) is 18.4 Å². The van der Waals surface area contributed by atoms with Crippen molar-refractivity contribution in [1.29, 1.82) is 0 Å². The Labute approximate surface area is 164 Å². The molecule has 26 heavy (non-hydrogen) atoms. The summed E-state index contributed by atoms with van der Waals surface area (Å²) in [4.78, 5) is 0. The minimum absolute atomic E-state index is 0.707. The van der Waals surface area contributed by atoms with E-state index < -0.39 is 0 Å². The van der Waals surface area contributed by atoms with Gasteiger partial charge in [-0.1, -0.05) is 103 Å². The van der Waals surface area contributed by atoms with Crippen LogP contribution in [0.5, 0.6) is 0 Å². The van der Waals surface area contributed by atoms with Crippen molar-refractivity contribution in [1.82, 2.24) is 0 Å². The molecule has 0 aromatic carbocycles. The van der Waals surface area contributed by atoms with Crippen molar-refractivity contribution in [2.75, 3.05) is 0 Å². The number of aromatic nitrogens is 1. The summed E-state index contributed by atoms with van der Waals surface area (Å²) in [7, 11) is 0. The van der Waals surface area contributed by atoms with Gasteiger partial charge in [0, 0.05) is 25.0 Å². The van der Waals surface area contributed by atoms with Crippen LogP contribution < -0.4 is 4.57 Å². The molecule has 1 rings (SSSR count). The Morgan fingerprint density at radius 1 is 0.500 bits per heavy atom. The number of hydrogen-bond acceptors (Lipinski definition) is 0. The first-order chi connectivity index (χ1) is 12.9. The van der Waals surface area contributed by atoms with E-state index in [1.807, 2.05) is 0 Å². The Morgan fingerprint density at radius 3 is 1.42 bits per heavy atom. The normalized spacial score (nSPS) is 12.4. The largest absolute Gasteiger partial charge is 0.202 e. The molecule has 1 heteroatoms. The highest BCUT2D eigenvalue weighted by Crippen LogP contribution is 2.17. The Balaban J connectivity index is 1.91. The van der Waals surface area contributed by atoms with Crippen LogP contribution in [0.15, 0.2) is 30.6 Å². The number of nitrogens with zero attached hydrogens (tertiary/aromatic N) is 1. The lowest BCUT2D eigenvalue weighted by Gasteiger charge is -2.11. The van der Waals surface area contributed by atoms with Crippen LogP contribution >= 0.6 is 0 Å². The molecule has 0 amide bonds. The minimum atomic E-state index is 0.707. The molecule has 0 N–H and O–H groups in total. The molecule has 0 aliphatic heterocycles. The van der Waals surface area contributed by atoms with Gasteiger partial charge in [-0.05, 0) is 12.8 Å². The second kappa shape index (κ2) is 17.6. The standard InChI is InChI=1S/C25H46N/c1-3-5-6-7-8-9-10-11-12-13-14-15-16-18-22-25(21-4-2)26-23-19-17-20-24-26/h17,19-20,23-25H,3-16,18,21-22H2,1-2H3/q+1. The van der Waals surface area contributed by atoms with Crippen LogP contribution in [0.1, 0.15) is 129 Å². The first-order valence-electron chi connectivity index (χ1n) is 11.8. The van der Waals surface area contributed by atoms with E-state index in [2.05, 4.69) is 49.0 Å². The number of pyridine rings is 1. The molecule has 0 aliphatic rings. The highest BCUT2D eigenvalue weighted by atomic mass is 15.0. The van der Waals surface area contributed by atoms with Crippen LogP contribution in [0.2, 0.25) is 0 Å². The highest BCUT2D eigenvalue weighted by molar-refractivity contribution is 4.84. The van der Waals surface area contributed by atoms with E-state index in [1.54, 1.807) is 0 Å². The minimum Gasteiger partial charge on any atom is -0.202 e. The molecule has 1 atom stereocenters. The maximum atomic E-state index is 2.42. The molecule has 0 aliphatic carbocycles. The third-order valence-corrected chi connectivity index (χ3v) is 5.67. The molecule has 0 fully saturated rings. The summed E-state index contributed by atoms with van der Waals surface area (Å²) < 4.78 is 2.42. The fraction of sp³-hybridized carbons (Fsp3) is 0.800. The maximum Gasteiger partial charge on any atom is 0.169 e. The average Bonchev–Trinajstić information content (AvgIpc) is 2.68. The summed E-state index contributed by atoms with van der Waals surface area (Å²) in [6.07, 6.45) is 28.7. The second-order valence-corrected chi connectivity index (χ2v) is 8.15. The summed E-state index contributed by atoms with van der Waals surface area (Å²) in [5.41, 5.74) is 0. The predicted molar refractivity (Wildman–Crippen MR) is 116 cm³/mol. The van der Waals surface area contributed by atoms with Gasteiger partial charge in [-0.2, -0.15) is 0 Å². The monoisotopic (exact) mass is 360 g/mol. The van der Waals surface area contributed by atoms with E-state index in [1.165, 1.54) is 109 Å². The lowest BCUT2D eigenvalue weighted by Crippen LogP contribution is -2.38. The van der Waals surface area contributed by atoms with Gasteiger partial charge >= 0.3 is 0 Å². The first kappa shape index (κ1) is 23.2. The van der Waals surface area contributed by atoms with Crippen LogP contribution in [0.3, 0.4) is 0 Å². The van der Waals surface area contributed by atoms with E-state index in [0.29, 0.717) is 6.04 Å². The summed E-state index contributed by atoms with van der Waals surface area (Å²) in [6, 6.07) is 7.15. The van der Waals surface area contributed by atoms with Gasteiger partial charge < -0.3 is 0 Å². The van der Waals surface area contributed by atoms with Gasteiger partial charge in [-0.3, -0.25) is 0 Å². The SMILES string of the molecule is CCCCCCCCCCCCCCCCC(CCC)[n+]1ccccc1. The Hall–Kier alpha value is -0.850. The van der Waals surface area contributed by atoms with Crippen LogP contribution in [0.4, 0.5) is 0 Å². The third-order valence-electron chi connectivity index (χ3n) is 5.67. The van der Waals surface area contributed by atoms with Crippen LogP contribution in [0.25, 0.3) is 0 Å². The van der Waals surface area contributed by atoms with Gasteiger partial charge in [-0.25, -0.2) is 4.57 Å². The second-order valence-electron chi connectivity index (χ2n) is 8.15.